The van der Waals surface area contributed by atoms with Gasteiger partial charge in [0.25, 0.3) is 0 Å². The monoisotopic (exact) mass is 346 g/mol. The summed E-state index contributed by atoms with van der Waals surface area (Å²) >= 11 is 5.93. The highest BCUT2D eigenvalue weighted by Gasteiger charge is 2.22. The first kappa shape index (κ1) is 16.2. The Morgan fingerprint density at radius 2 is 1.96 bits per heavy atom. The predicted molar refractivity (Wildman–Crippen MR) is 85.4 cm³/mol. The number of aryl methyl sites for hydroxylation is 2. The maximum absolute atomic E-state index is 12.3. The average Bonchev–Trinajstić information content (AvgIpc) is 3.14. The van der Waals surface area contributed by atoms with Gasteiger partial charge >= 0.3 is 0 Å². The van der Waals surface area contributed by atoms with Crippen molar-refractivity contribution >= 4 is 17.5 Å². The van der Waals surface area contributed by atoms with Gasteiger partial charge in [0.15, 0.2) is 5.82 Å². The van der Waals surface area contributed by atoms with Gasteiger partial charge in [-0.3, -0.25) is 4.79 Å². The van der Waals surface area contributed by atoms with Gasteiger partial charge in [0, 0.05) is 18.0 Å². The molecule has 0 spiro atoms. The summed E-state index contributed by atoms with van der Waals surface area (Å²) in [6.45, 7) is 3.46. The summed E-state index contributed by atoms with van der Waals surface area (Å²) in [7, 11) is 0. The molecule has 2 heterocycles. The third-order valence-electron chi connectivity index (χ3n) is 3.33. The highest BCUT2D eigenvalue weighted by Crippen LogP contribution is 2.22. The van der Waals surface area contributed by atoms with E-state index in [-0.39, 0.29) is 12.3 Å². The standard InChI is InChI=1S/C16H15ClN4O3/c1-9-7-13(20-23-9)8-14(22)19-15(16-18-10(2)24-21-16)11-3-5-12(17)6-4-11/h3-7,15H,8H2,1-2H3,(H,19,22)/t15-/m0/s1. The molecule has 0 aliphatic heterocycles. The molecule has 0 aliphatic carbocycles. The lowest BCUT2D eigenvalue weighted by Crippen LogP contribution is -2.31. The fourth-order valence-corrected chi connectivity index (χ4v) is 2.39. The first-order chi connectivity index (χ1) is 11.5. The summed E-state index contributed by atoms with van der Waals surface area (Å²) < 4.78 is 10.00. The number of hydrogen-bond donors (Lipinski definition) is 1. The number of aromatic nitrogens is 3. The lowest BCUT2D eigenvalue weighted by molar-refractivity contribution is -0.121. The Balaban J connectivity index is 1.81. The Morgan fingerprint density at radius 3 is 2.54 bits per heavy atom. The van der Waals surface area contributed by atoms with Crippen molar-refractivity contribution in [3.8, 4) is 0 Å². The zero-order valence-corrected chi connectivity index (χ0v) is 13.9. The van der Waals surface area contributed by atoms with E-state index in [0.29, 0.717) is 28.2 Å². The Labute approximate surface area is 143 Å². The molecule has 1 N–H and O–H groups in total. The molecule has 0 saturated carbocycles. The molecule has 0 saturated heterocycles. The number of benzene rings is 1. The molecule has 2 aromatic heterocycles. The third-order valence-corrected chi connectivity index (χ3v) is 3.58. The maximum atomic E-state index is 12.3. The van der Waals surface area contributed by atoms with E-state index in [1.807, 2.05) is 0 Å². The van der Waals surface area contributed by atoms with Crippen LogP contribution in [-0.4, -0.2) is 21.2 Å². The third kappa shape index (κ3) is 3.80. The van der Waals surface area contributed by atoms with Crippen molar-refractivity contribution in [2.24, 2.45) is 0 Å². The van der Waals surface area contributed by atoms with Gasteiger partial charge in [0.1, 0.15) is 11.8 Å². The van der Waals surface area contributed by atoms with Crippen LogP contribution in [-0.2, 0) is 11.2 Å². The Morgan fingerprint density at radius 1 is 1.21 bits per heavy atom. The van der Waals surface area contributed by atoms with Crippen LogP contribution in [0.25, 0.3) is 0 Å². The molecule has 0 radical (unpaired) electrons. The van der Waals surface area contributed by atoms with Crippen LogP contribution in [0.5, 0.6) is 0 Å². The molecule has 0 bridgehead atoms. The van der Waals surface area contributed by atoms with Crippen molar-refractivity contribution in [1.82, 2.24) is 20.6 Å². The van der Waals surface area contributed by atoms with Gasteiger partial charge in [-0.25, -0.2) is 0 Å². The van der Waals surface area contributed by atoms with Crippen molar-refractivity contribution in [3.05, 3.63) is 64.1 Å². The van der Waals surface area contributed by atoms with Crippen LogP contribution in [0.3, 0.4) is 0 Å². The van der Waals surface area contributed by atoms with Crippen LogP contribution in [0.2, 0.25) is 5.02 Å². The summed E-state index contributed by atoms with van der Waals surface area (Å²) in [5, 5.41) is 11.2. The molecule has 1 amide bonds. The molecule has 0 unspecified atom stereocenters. The van der Waals surface area contributed by atoms with Gasteiger partial charge in [-0.2, -0.15) is 4.98 Å². The number of hydrogen-bond acceptors (Lipinski definition) is 6. The second kappa shape index (κ2) is 6.84. The summed E-state index contributed by atoms with van der Waals surface area (Å²) in [6.07, 6.45) is 0.0955. The van der Waals surface area contributed by atoms with E-state index in [2.05, 4.69) is 20.6 Å². The molecule has 0 fully saturated rings. The molecule has 7 nitrogen and oxygen atoms in total. The largest absolute Gasteiger partial charge is 0.361 e. The predicted octanol–water partition coefficient (Wildman–Crippen LogP) is 2.78. The molecule has 24 heavy (non-hydrogen) atoms. The van der Waals surface area contributed by atoms with Gasteiger partial charge in [-0.15, -0.1) is 0 Å². The second-order valence-corrected chi connectivity index (χ2v) is 5.77. The topological polar surface area (TPSA) is 94.1 Å². The second-order valence-electron chi connectivity index (χ2n) is 5.33. The Bertz CT molecular complexity index is 841. The highest BCUT2D eigenvalue weighted by molar-refractivity contribution is 6.30. The van der Waals surface area contributed by atoms with E-state index in [1.54, 1.807) is 44.2 Å². The number of carbonyl (C=O) groups excluding carboxylic acids is 1. The van der Waals surface area contributed by atoms with E-state index in [9.17, 15) is 4.79 Å². The molecule has 124 valence electrons. The molecule has 3 aromatic rings. The van der Waals surface area contributed by atoms with Crippen LogP contribution in [0, 0.1) is 13.8 Å². The SMILES string of the molecule is Cc1cc(CC(=O)N[C@@H](c2ccc(Cl)cc2)c2noc(C)n2)no1. The van der Waals surface area contributed by atoms with E-state index in [0.717, 1.165) is 5.56 Å². The zero-order chi connectivity index (χ0) is 17.1. The van der Waals surface area contributed by atoms with Gasteiger partial charge in [-0.1, -0.05) is 34.0 Å². The normalized spacial score (nSPS) is 12.1. The van der Waals surface area contributed by atoms with Crippen molar-refractivity contribution in [1.29, 1.82) is 0 Å². The molecular weight excluding hydrogens is 332 g/mol. The maximum Gasteiger partial charge on any atom is 0.227 e. The van der Waals surface area contributed by atoms with Gasteiger partial charge < -0.3 is 14.4 Å². The summed E-state index contributed by atoms with van der Waals surface area (Å²) in [4.78, 5) is 16.6. The number of rotatable bonds is 5. The smallest absolute Gasteiger partial charge is 0.227 e. The van der Waals surface area contributed by atoms with E-state index >= 15 is 0 Å². The van der Waals surface area contributed by atoms with Crippen molar-refractivity contribution in [3.63, 3.8) is 0 Å². The minimum absolute atomic E-state index is 0.0955. The van der Waals surface area contributed by atoms with Crippen LogP contribution >= 0.6 is 11.6 Å². The van der Waals surface area contributed by atoms with E-state index in [1.165, 1.54) is 0 Å². The Kier molecular flexibility index (Phi) is 4.61. The van der Waals surface area contributed by atoms with Crippen LogP contribution in [0.1, 0.15) is 34.8 Å². The van der Waals surface area contributed by atoms with Crippen molar-refractivity contribution < 1.29 is 13.8 Å². The lowest BCUT2D eigenvalue weighted by atomic mass is 10.1. The molecule has 3 rings (SSSR count). The zero-order valence-electron chi connectivity index (χ0n) is 13.1. The summed E-state index contributed by atoms with van der Waals surface area (Å²) in [5.41, 5.74) is 1.36. The van der Waals surface area contributed by atoms with Crippen molar-refractivity contribution in [2.45, 2.75) is 26.3 Å². The van der Waals surface area contributed by atoms with Gasteiger partial charge in [0.2, 0.25) is 11.8 Å². The fourth-order valence-electron chi connectivity index (χ4n) is 2.26. The van der Waals surface area contributed by atoms with Crippen LogP contribution < -0.4 is 5.32 Å². The summed E-state index contributed by atoms with van der Waals surface area (Å²) in [6, 6.07) is 8.27. The lowest BCUT2D eigenvalue weighted by Gasteiger charge is -2.15. The van der Waals surface area contributed by atoms with Crippen LogP contribution in [0.15, 0.2) is 39.4 Å². The first-order valence-corrected chi connectivity index (χ1v) is 7.66. The Hall–Kier alpha value is -2.67. The van der Waals surface area contributed by atoms with Crippen LogP contribution in [0.4, 0.5) is 0 Å². The first-order valence-electron chi connectivity index (χ1n) is 7.28. The number of carbonyl (C=O) groups is 1. The number of halogens is 1. The molecule has 8 heteroatoms. The van der Waals surface area contributed by atoms with Crippen molar-refractivity contribution in [2.75, 3.05) is 0 Å². The quantitative estimate of drug-likeness (QED) is 0.763. The molecular formula is C16H15ClN4O3. The molecule has 1 atom stereocenters. The van der Waals surface area contributed by atoms with Gasteiger partial charge in [-0.05, 0) is 24.6 Å². The van der Waals surface area contributed by atoms with E-state index in [4.69, 9.17) is 20.6 Å². The highest BCUT2D eigenvalue weighted by atomic mass is 35.5. The number of amides is 1. The minimum Gasteiger partial charge on any atom is -0.361 e. The average molecular weight is 347 g/mol. The number of nitrogens with one attached hydrogen (secondary N) is 1. The minimum atomic E-state index is -0.541. The fraction of sp³-hybridized carbons (Fsp3) is 0.250. The molecule has 1 aromatic carbocycles. The van der Waals surface area contributed by atoms with E-state index < -0.39 is 6.04 Å². The molecule has 0 aliphatic rings. The summed E-state index contributed by atoms with van der Waals surface area (Å²) in [5.74, 6) is 1.22. The number of nitrogens with zero attached hydrogens (tertiary/aromatic N) is 3. The van der Waals surface area contributed by atoms with Gasteiger partial charge in [0.05, 0.1) is 12.1 Å².